The molecule has 6 rings (SSSR count). The van der Waals surface area contributed by atoms with Gasteiger partial charge in [-0.05, 0) is 97.6 Å². The largest absolute Gasteiger partial charge is 0.497 e. The first kappa shape index (κ1) is 25.7. The van der Waals surface area contributed by atoms with Gasteiger partial charge in [0.1, 0.15) is 11.4 Å². The maximum absolute atomic E-state index is 13.6. The van der Waals surface area contributed by atoms with Gasteiger partial charge >= 0.3 is 6.09 Å². The number of nitrogens with zero attached hydrogens (tertiary/aromatic N) is 1. The molecule has 0 N–H and O–H groups in total. The first-order valence-electron chi connectivity index (χ1n) is 14.2. The lowest BCUT2D eigenvalue weighted by atomic mass is 9.65. The lowest BCUT2D eigenvalue weighted by molar-refractivity contribution is 0.0290. The summed E-state index contributed by atoms with van der Waals surface area (Å²) in [6.07, 6.45) is 8.81. The number of ketones is 1. The third kappa shape index (κ3) is 4.32. The highest BCUT2D eigenvalue weighted by molar-refractivity contribution is 6.19. The second-order valence-corrected chi connectivity index (χ2v) is 12.3. The van der Waals surface area contributed by atoms with E-state index in [0.717, 1.165) is 46.6 Å². The van der Waals surface area contributed by atoms with Crippen molar-refractivity contribution in [2.45, 2.75) is 59.0 Å². The molecule has 1 aliphatic heterocycles. The van der Waals surface area contributed by atoms with E-state index in [4.69, 9.17) is 9.47 Å². The number of amides is 1. The number of hydrogen-bond acceptors (Lipinski definition) is 4. The van der Waals surface area contributed by atoms with E-state index in [1.807, 2.05) is 62.1 Å². The minimum Gasteiger partial charge on any atom is -0.497 e. The SMILES string of the molecule is COc1ccc2c(c1)/C(=C1\C3=C(C=C[C@H]4CCCC[C@H]34)N(C(=O)OC(C)(C)C)C[C@@H]1C)c1ccccc1C2=O. The van der Waals surface area contributed by atoms with Gasteiger partial charge in [0.2, 0.25) is 0 Å². The van der Waals surface area contributed by atoms with E-state index in [9.17, 15) is 9.59 Å². The van der Waals surface area contributed by atoms with Gasteiger partial charge in [-0.1, -0.05) is 50.1 Å². The minimum atomic E-state index is -0.580. The first-order valence-corrected chi connectivity index (χ1v) is 14.2. The zero-order chi connectivity index (χ0) is 27.5. The minimum absolute atomic E-state index is 0.0414. The van der Waals surface area contributed by atoms with Gasteiger partial charge in [0.05, 0.1) is 12.8 Å². The smallest absolute Gasteiger partial charge is 0.414 e. The summed E-state index contributed by atoms with van der Waals surface area (Å²) in [5, 5.41) is 0. The number of allylic oxidation sites excluding steroid dienone is 3. The number of carbonyl (C=O) groups excluding carboxylic acids is 2. The van der Waals surface area contributed by atoms with Crippen LogP contribution in [0.4, 0.5) is 4.79 Å². The Morgan fingerprint density at radius 1 is 0.949 bits per heavy atom. The number of benzene rings is 2. The second kappa shape index (κ2) is 9.55. The van der Waals surface area contributed by atoms with Crippen molar-refractivity contribution in [1.82, 2.24) is 4.90 Å². The fourth-order valence-electron chi connectivity index (χ4n) is 6.95. The summed E-state index contributed by atoms with van der Waals surface area (Å²) in [6.45, 7) is 8.46. The van der Waals surface area contributed by atoms with E-state index in [1.165, 1.54) is 24.0 Å². The summed E-state index contributed by atoms with van der Waals surface area (Å²) >= 11 is 0. The molecule has 3 atom stereocenters. The Morgan fingerprint density at radius 2 is 1.67 bits per heavy atom. The van der Waals surface area contributed by atoms with E-state index >= 15 is 0 Å². The fourth-order valence-corrected chi connectivity index (χ4v) is 6.95. The van der Waals surface area contributed by atoms with Crippen LogP contribution in [0.2, 0.25) is 0 Å². The van der Waals surface area contributed by atoms with Gasteiger partial charge < -0.3 is 9.47 Å². The molecule has 0 spiro atoms. The Hall–Kier alpha value is -3.60. The molecule has 0 bridgehead atoms. The van der Waals surface area contributed by atoms with Crippen LogP contribution in [0.3, 0.4) is 0 Å². The normalized spacial score (nSPS) is 25.9. The summed E-state index contributed by atoms with van der Waals surface area (Å²) < 4.78 is 11.5. The summed E-state index contributed by atoms with van der Waals surface area (Å²) in [5.41, 5.74) is 7.28. The topological polar surface area (TPSA) is 55.8 Å². The zero-order valence-electron chi connectivity index (χ0n) is 23.5. The number of carbonyl (C=O) groups is 2. The predicted octanol–water partition coefficient (Wildman–Crippen LogP) is 7.56. The average Bonchev–Trinajstić information content (AvgIpc) is 2.92. The first-order chi connectivity index (χ1) is 18.7. The number of rotatable bonds is 1. The molecule has 1 amide bonds. The van der Waals surface area contributed by atoms with Gasteiger partial charge in [-0.2, -0.15) is 0 Å². The van der Waals surface area contributed by atoms with Crippen molar-refractivity contribution in [3.8, 4) is 5.75 Å². The van der Waals surface area contributed by atoms with E-state index in [-0.39, 0.29) is 17.8 Å². The highest BCUT2D eigenvalue weighted by Crippen LogP contribution is 2.52. The van der Waals surface area contributed by atoms with Gasteiger partial charge in [-0.25, -0.2) is 4.79 Å². The molecule has 3 aliphatic carbocycles. The van der Waals surface area contributed by atoms with E-state index < -0.39 is 5.60 Å². The van der Waals surface area contributed by atoms with Crippen molar-refractivity contribution >= 4 is 17.4 Å². The van der Waals surface area contributed by atoms with Crippen LogP contribution in [0, 0.1) is 17.8 Å². The molecule has 1 heterocycles. The molecule has 0 unspecified atom stereocenters. The Kier molecular flexibility index (Phi) is 6.28. The molecule has 5 heteroatoms. The molecule has 202 valence electrons. The molecular weight excluding hydrogens is 486 g/mol. The number of ether oxygens (including phenoxy) is 2. The Balaban J connectivity index is 1.65. The molecule has 2 aromatic carbocycles. The maximum Gasteiger partial charge on any atom is 0.414 e. The van der Waals surface area contributed by atoms with Gasteiger partial charge in [-0.15, -0.1) is 0 Å². The van der Waals surface area contributed by atoms with E-state index in [0.29, 0.717) is 23.9 Å². The van der Waals surface area contributed by atoms with Gasteiger partial charge in [0.25, 0.3) is 0 Å². The molecule has 0 aromatic heterocycles. The van der Waals surface area contributed by atoms with Crippen LogP contribution in [-0.4, -0.2) is 36.0 Å². The molecular formula is C34H37NO4. The Bertz CT molecular complexity index is 1450. The lowest BCUT2D eigenvalue weighted by Crippen LogP contribution is -2.44. The van der Waals surface area contributed by atoms with Gasteiger partial charge in [0.15, 0.2) is 5.78 Å². The van der Waals surface area contributed by atoms with Crippen molar-refractivity contribution in [2.24, 2.45) is 17.8 Å². The molecule has 0 saturated heterocycles. The van der Waals surface area contributed by atoms with Crippen LogP contribution in [0.15, 0.2) is 71.5 Å². The maximum atomic E-state index is 13.6. The molecule has 39 heavy (non-hydrogen) atoms. The summed E-state index contributed by atoms with van der Waals surface area (Å²) in [6, 6.07) is 13.7. The summed E-state index contributed by atoms with van der Waals surface area (Å²) in [5.74, 6) is 1.59. The van der Waals surface area contributed by atoms with Crippen molar-refractivity contribution in [2.75, 3.05) is 13.7 Å². The van der Waals surface area contributed by atoms with Crippen LogP contribution in [0.1, 0.15) is 80.4 Å². The fraction of sp³-hybridized carbons (Fsp3) is 0.412. The van der Waals surface area contributed by atoms with Crippen LogP contribution >= 0.6 is 0 Å². The number of fused-ring (bicyclic) bond motifs is 4. The molecule has 1 fully saturated rings. The monoisotopic (exact) mass is 523 g/mol. The third-order valence-electron chi connectivity index (χ3n) is 8.56. The van der Waals surface area contributed by atoms with E-state index in [1.54, 1.807) is 7.11 Å². The zero-order valence-corrected chi connectivity index (χ0v) is 23.5. The van der Waals surface area contributed by atoms with Crippen LogP contribution in [0.25, 0.3) is 5.57 Å². The van der Waals surface area contributed by atoms with Crippen LogP contribution in [-0.2, 0) is 4.74 Å². The van der Waals surface area contributed by atoms with Crippen molar-refractivity contribution in [3.63, 3.8) is 0 Å². The highest BCUT2D eigenvalue weighted by atomic mass is 16.6. The van der Waals surface area contributed by atoms with Crippen LogP contribution in [0.5, 0.6) is 5.75 Å². The van der Waals surface area contributed by atoms with E-state index in [2.05, 4.69) is 25.1 Å². The molecule has 4 aliphatic rings. The van der Waals surface area contributed by atoms with Crippen molar-refractivity contribution in [3.05, 3.63) is 93.7 Å². The second-order valence-electron chi connectivity index (χ2n) is 12.3. The quantitative estimate of drug-likeness (QED) is 0.330. The standard InChI is InChI=1S/C34H37NO4/c1-20-19-35(33(37)39-34(2,3)4)28-17-14-21-10-6-7-11-23(21)31(28)29(20)30-24-12-8-9-13-25(24)32(36)26-16-15-22(38-5)18-27(26)30/h8-9,12-18,20-21,23H,6-7,10-11,19H2,1-5H3/b30-29-/t20-,21+,23-/m0/s1. The average molecular weight is 524 g/mol. The number of methoxy groups -OCH3 is 1. The summed E-state index contributed by atoms with van der Waals surface area (Å²) in [4.78, 5) is 29.0. The lowest BCUT2D eigenvalue weighted by Gasteiger charge is -2.45. The highest BCUT2D eigenvalue weighted by Gasteiger charge is 2.43. The summed E-state index contributed by atoms with van der Waals surface area (Å²) in [7, 11) is 1.66. The van der Waals surface area contributed by atoms with Gasteiger partial charge in [-0.3, -0.25) is 9.69 Å². The predicted molar refractivity (Wildman–Crippen MR) is 153 cm³/mol. The van der Waals surface area contributed by atoms with Crippen LogP contribution < -0.4 is 4.74 Å². The molecule has 5 nitrogen and oxygen atoms in total. The van der Waals surface area contributed by atoms with Crippen molar-refractivity contribution in [1.29, 1.82) is 0 Å². The molecule has 2 aromatic rings. The Labute approximate surface area is 231 Å². The molecule has 1 saturated carbocycles. The van der Waals surface area contributed by atoms with Gasteiger partial charge in [0, 0.05) is 23.6 Å². The Morgan fingerprint density at radius 3 is 2.41 bits per heavy atom. The number of hydrogen-bond donors (Lipinski definition) is 0. The van der Waals surface area contributed by atoms with Crippen molar-refractivity contribution < 1.29 is 19.1 Å². The third-order valence-corrected chi connectivity index (χ3v) is 8.56. The molecule has 0 radical (unpaired) electrons.